The molecule has 0 aliphatic heterocycles. The summed E-state index contributed by atoms with van der Waals surface area (Å²) in [6.07, 6.45) is 7.30. The van der Waals surface area contributed by atoms with Crippen molar-refractivity contribution < 1.29 is 18.0 Å². The molecule has 5 heteroatoms. The zero-order valence-electron chi connectivity index (χ0n) is 13.4. The molecule has 0 saturated carbocycles. The Morgan fingerprint density at radius 1 is 0.842 bits per heavy atom. The molecule has 0 aliphatic rings. The smallest absolute Gasteiger partial charge is 0.378 e. The molecule has 0 spiro atoms. The first-order valence-corrected chi connectivity index (χ1v) is 9.38. The van der Waals surface area contributed by atoms with Gasteiger partial charge in [0.2, 0.25) is 0 Å². The van der Waals surface area contributed by atoms with Crippen molar-refractivity contribution in [3.63, 3.8) is 0 Å². The lowest BCUT2D eigenvalue weighted by Gasteiger charge is -2.28. The van der Waals surface area contributed by atoms with Gasteiger partial charge in [-0.15, -0.1) is 0 Å². The molecule has 0 saturated heterocycles. The lowest BCUT2D eigenvalue weighted by Crippen LogP contribution is -2.46. The van der Waals surface area contributed by atoms with E-state index in [1.807, 2.05) is 0 Å². The van der Waals surface area contributed by atoms with Gasteiger partial charge in [-0.3, -0.25) is 0 Å². The fraction of sp³-hybridized carbons (Fsp3) is 1.00. The predicted molar refractivity (Wildman–Crippen MR) is 80.4 cm³/mol. The highest BCUT2D eigenvalue weighted by Crippen LogP contribution is 2.21. The molecule has 116 valence electrons. The van der Waals surface area contributed by atoms with E-state index in [1.165, 1.54) is 25.7 Å². The van der Waals surface area contributed by atoms with E-state index in [9.17, 15) is 0 Å². The maximum atomic E-state index is 5.93. The topological polar surface area (TPSA) is 36.9 Å². The molecule has 1 unspecified atom stereocenters. The summed E-state index contributed by atoms with van der Waals surface area (Å²) in [5, 5.41) is 0. The van der Waals surface area contributed by atoms with E-state index in [2.05, 4.69) is 13.8 Å². The fourth-order valence-corrected chi connectivity index (χ4v) is 3.99. The molecule has 0 aromatic heterocycles. The minimum atomic E-state index is -2.52. The maximum Gasteiger partial charge on any atom is 0.502 e. The third-order valence-corrected chi connectivity index (χ3v) is 6.17. The van der Waals surface area contributed by atoms with Gasteiger partial charge in [-0.1, -0.05) is 39.5 Å². The summed E-state index contributed by atoms with van der Waals surface area (Å²) in [5.74, 6) is 0. The first kappa shape index (κ1) is 19.1. The summed E-state index contributed by atoms with van der Waals surface area (Å²) in [6, 6.07) is 0.739. The predicted octanol–water partition coefficient (Wildman–Crippen LogP) is 3.63. The Morgan fingerprint density at radius 3 is 1.95 bits per heavy atom. The van der Waals surface area contributed by atoms with Crippen molar-refractivity contribution in [3.8, 4) is 0 Å². The van der Waals surface area contributed by atoms with E-state index in [0.717, 1.165) is 25.5 Å². The van der Waals surface area contributed by atoms with Crippen molar-refractivity contribution in [2.24, 2.45) is 0 Å². The third-order valence-electron chi connectivity index (χ3n) is 3.35. The van der Waals surface area contributed by atoms with Crippen LogP contribution in [0, 0.1) is 0 Å². The first-order chi connectivity index (χ1) is 9.17. The van der Waals surface area contributed by atoms with Crippen LogP contribution in [0.4, 0.5) is 0 Å². The van der Waals surface area contributed by atoms with E-state index in [1.54, 1.807) is 21.3 Å². The van der Waals surface area contributed by atoms with Crippen LogP contribution >= 0.6 is 0 Å². The van der Waals surface area contributed by atoms with Crippen LogP contribution in [-0.2, 0) is 18.0 Å². The molecule has 0 bridgehead atoms. The number of hydrogen-bond donors (Lipinski definition) is 0. The van der Waals surface area contributed by atoms with E-state index in [0.29, 0.717) is 0 Å². The Morgan fingerprint density at radius 2 is 1.47 bits per heavy atom. The average molecular weight is 292 g/mol. The molecule has 0 radical (unpaired) electrons. The molecule has 0 heterocycles. The van der Waals surface area contributed by atoms with Gasteiger partial charge < -0.3 is 18.0 Å². The van der Waals surface area contributed by atoms with E-state index in [4.69, 9.17) is 18.0 Å². The summed E-state index contributed by atoms with van der Waals surface area (Å²) in [7, 11) is 2.46. The molecule has 0 aromatic carbocycles. The Bertz CT molecular complexity index is 190. The van der Waals surface area contributed by atoms with Crippen LogP contribution in [0.1, 0.15) is 52.4 Å². The molecule has 0 fully saturated rings. The molecule has 0 amide bonds. The standard InChI is InChI=1S/C14H32O4Si/c1-6-8-9-10-11-14(18-12-7-2)13-19(15-3,16-4)17-5/h14H,6-13H2,1-5H3. The maximum absolute atomic E-state index is 5.93. The molecular formula is C14H32O4Si. The molecule has 19 heavy (non-hydrogen) atoms. The van der Waals surface area contributed by atoms with Crippen molar-refractivity contribution in [2.45, 2.75) is 64.5 Å². The Hall–Kier alpha value is 0.0569. The second kappa shape index (κ2) is 11.8. The van der Waals surface area contributed by atoms with Crippen molar-refractivity contribution >= 4 is 8.80 Å². The Labute approximate surface area is 120 Å². The quantitative estimate of drug-likeness (QED) is 0.384. The summed E-state index contributed by atoms with van der Waals surface area (Å²) in [6.45, 7) is 5.14. The molecule has 4 nitrogen and oxygen atoms in total. The minimum Gasteiger partial charge on any atom is -0.378 e. The van der Waals surface area contributed by atoms with Crippen LogP contribution in [0.5, 0.6) is 0 Å². The second-order valence-corrected chi connectivity index (χ2v) is 7.84. The van der Waals surface area contributed by atoms with Crippen LogP contribution in [0.25, 0.3) is 0 Å². The van der Waals surface area contributed by atoms with Gasteiger partial charge in [-0.2, -0.15) is 0 Å². The zero-order chi connectivity index (χ0) is 14.6. The molecular weight excluding hydrogens is 260 g/mol. The highest BCUT2D eigenvalue weighted by Gasteiger charge is 2.40. The van der Waals surface area contributed by atoms with E-state index >= 15 is 0 Å². The fourth-order valence-electron chi connectivity index (χ4n) is 2.11. The highest BCUT2D eigenvalue weighted by molar-refractivity contribution is 6.60. The SMILES string of the molecule is CCCCCCC(C[Si](OC)(OC)OC)OCCC. The second-order valence-electron chi connectivity index (χ2n) is 4.84. The van der Waals surface area contributed by atoms with Gasteiger partial charge in [-0.25, -0.2) is 0 Å². The van der Waals surface area contributed by atoms with Crippen molar-refractivity contribution in [1.29, 1.82) is 0 Å². The first-order valence-electron chi connectivity index (χ1n) is 7.45. The largest absolute Gasteiger partial charge is 0.502 e. The van der Waals surface area contributed by atoms with Gasteiger partial charge in [0.05, 0.1) is 6.10 Å². The molecule has 0 rings (SSSR count). The molecule has 0 aliphatic carbocycles. The number of rotatable bonds is 13. The average Bonchev–Trinajstić information content (AvgIpc) is 2.46. The zero-order valence-corrected chi connectivity index (χ0v) is 14.4. The Kier molecular flexibility index (Phi) is 11.9. The van der Waals surface area contributed by atoms with Gasteiger partial charge in [0.1, 0.15) is 0 Å². The monoisotopic (exact) mass is 292 g/mol. The number of ether oxygens (including phenoxy) is 1. The van der Waals surface area contributed by atoms with Crippen molar-refractivity contribution in [2.75, 3.05) is 27.9 Å². The van der Waals surface area contributed by atoms with Gasteiger partial charge >= 0.3 is 8.80 Å². The minimum absolute atomic E-state index is 0.184. The van der Waals surface area contributed by atoms with Gasteiger partial charge in [0.25, 0.3) is 0 Å². The van der Waals surface area contributed by atoms with E-state index < -0.39 is 8.80 Å². The number of unbranched alkanes of at least 4 members (excludes halogenated alkanes) is 3. The van der Waals surface area contributed by atoms with Crippen molar-refractivity contribution in [1.82, 2.24) is 0 Å². The highest BCUT2D eigenvalue weighted by atomic mass is 28.4. The van der Waals surface area contributed by atoms with Gasteiger partial charge in [-0.05, 0) is 12.8 Å². The normalized spacial score (nSPS) is 13.7. The van der Waals surface area contributed by atoms with Gasteiger partial charge in [0.15, 0.2) is 0 Å². The summed E-state index contributed by atoms with van der Waals surface area (Å²) >= 11 is 0. The van der Waals surface area contributed by atoms with Crippen LogP contribution < -0.4 is 0 Å². The van der Waals surface area contributed by atoms with Crippen LogP contribution in [0.3, 0.4) is 0 Å². The summed E-state index contributed by atoms with van der Waals surface area (Å²) in [5.41, 5.74) is 0. The Balaban J connectivity index is 4.30. The lowest BCUT2D eigenvalue weighted by molar-refractivity contribution is 0.0360. The van der Waals surface area contributed by atoms with E-state index in [-0.39, 0.29) is 6.10 Å². The summed E-state index contributed by atoms with van der Waals surface area (Å²) < 4.78 is 22.4. The third kappa shape index (κ3) is 8.04. The van der Waals surface area contributed by atoms with Crippen LogP contribution in [-0.4, -0.2) is 42.8 Å². The number of hydrogen-bond acceptors (Lipinski definition) is 4. The lowest BCUT2D eigenvalue weighted by atomic mass is 10.1. The van der Waals surface area contributed by atoms with Gasteiger partial charge in [0, 0.05) is 34.0 Å². The van der Waals surface area contributed by atoms with Crippen LogP contribution in [0.15, 0.2) is 0 Å². The van der Waals surface area contributed by atoms with Crippen molar-refractivity contribution in [3.05, 3.63) is 0 Å². The summed E-state index contributed by atoms with van der Waals surface area (Å²) in [4.78, 5) is 0. The van der Waals surface area contributed by atoms with Crippen LogP contribution in [0.2, 0.25) is 6.04 Å². The molecule has 1 atom stereocenters. The molecule has 0 aromatic rings. The molecule has 0 N–H and O–H groups in total.